The molecule has 2 heterocycles. The number of imidazole rings is 1. The van der Waals surface area contributed by atoms with Crippen molar-refractivity contribution in [1.29, 1.82) is 0 Å². The van der Waals surface area contributed by atoms with E-state index in [1.165, 1.54) is 5.56 Å². The van der Waals surface area contributed by atoms with E-state index < -0.39 is 0 Å². The zero-order valence-electron chi connectivity index (χ0n) is 7.44. The second-order valence-electron chi connectivity index (χ2n) is 3.01. The highest BCUT2D eigenvalue weighted by molar-refractivity contribution is 5.23. The van der Waals surface area contributed by atoms with Gasteiger partial charge in [-0.25, -0.2) is 4.98 Å². The lowest BCUT2D eigenvalue weighted by atomic mass is 10.00. The van der Waals surface area contributed by atoms with Gasteiger partial charge in [0.2, 0.25) is 0 Å². The van der Waals surface area contributed by atoms with Crippen molar-refractivity contribution in [2.45, 2.75) is 12.8 Å². The van der Waals surface area contributed by atoms with E-state index in [0.717, 1.165) is 5.69 Å². The minimum absolute atomic E-state index is 0.352. The van der Waals surface area contributed by atoms with Crippen LogP contribution in [-0.2, 0) is 0 Å². The van der Waals surface area contributed by atoms with E-state index in [9.17, 15) is 0 Å². The highest BCUT2D eigenvalue weighted by atomic mass is 14.9. The molecular formula is C10H11N3. The van der Waals surface area contributed by atoms with Gasteiger partial charge in [0.15, 0.2) is 0 Å². The molecule has 0 aliphatic rings. The monoisotopic (exact) mass is 173 g/mol. The molecular weight excluding hydrogens is 162 g/mol. The van der Waals surface area contributed by atoms with Crippen LogP contribution in [0.1, 0.15) is 24.1 Å². The highest BCUT2D eigenvalue weighted by Crippen LogP contribution is 2.20. The second-order valence-corrected chi connectivity index (χ2v) is 3.01. The molecule has 0 fully saturated rings. The Morgan fingerprint density at radius 1 is 1.23 bits per heavy atom. The molecule has 3 nitrogen and oxygen atoms in total. The number of H-pyrrole nitrogens is 1. The maximum atomic E-state index is 4.00. The number of nitrogens with zero attached hydrogens (tertiary/aromatic N) is 2. The van der Waals surface area contributed by atoms with Gasteiger partial charge in [0, 0.05) is 30.2 Å². The summed E-state index contributed by atoms with van der Waals surface area (Å²) >= 11 is 0. The number of rotatable bonds is 2. The topological polar surface area (TPSA) is 41.6 Å². The SMILES string of the molecule is C[C@@H](c1ccncc1)c1cnc[nH]1. The predicted molar refractivity (Wildman–Crippen MR) is 50.3 cm³/mol. The van der Waals surface area contributed by atoms with E-state index in [1.807, 2.05) is 30.7 Å². The van der Waals surface area contributed by atoms with E-state index in [2.05, 4.69) is 21.9 Å². The molecule has 1 N–H and O–H groups in total. The van der Waals surface area contributed by atoms with Gasteiger partial charge in [-0.05, 0) is 17.7 Å². The summed E-state index contributed by atoms with van der Waals surface area (Å²) in [6.45, 7) is 2.14. The lowest BCUT2D eigenvalue weighted by Crippen LogP contribution is -1.95. The normalized spacial score (nSPS) is 12.7. The minimum atomic E-state index is 0.352. The van der Waals surface area contributed by atoms with Gasteiger partial charge in [0.25, 0.3) is 0 Å². The Morgan fingerprint density at radius 2 is 2.00 bits per heavy atom. The number of hydrogen-bond acceptors (Lipinski definition) is 2. The summed E-state index contributed by atoms with van der Waals surface area (Å²) in [7, 11) is 0. The largest absolute Gasteiger partial charge is 0.348 e. The number of hydrogen-bond donors (Lipinski definition) is 1. The third kappa shape index (κ3) is 1.59. The van der Waals surface area contributed by atoms with Gasteiger partial charge in [-0.15, -0.1) is 0 Å². The summed E-state index contributed by atoms with van der Waals surface area (Å²) < 4.78 is 0. The van der Waals surface area contributed by atoms with Crippen molar-refractivity contribution in [2.75, 3.05) is 0 Å². The predicted octanol–water partition coefficient (Wildman–Crippen LogP) is 1.96. The van der Waals surface area contributed by atoms with Crippen molar-refractivity contribution in [3.63, 3.8) is 0 Å². The van der Waals surface area contributed by atoms with Crippen molar-refractivity contribution >= 4 is 0 Å². The van der Waals surface area contributed by atoms with Crippen LogP contribution in [0.4, 0.5) is 0 Å². The first kappa shape index (κ1) is 7.98. The number of nitrogens with one attached hydrogen (secondary N) is 1. The molecule has 66 valence electrons. The van der Waals surface area contributed by atoms with Crippen molar-refractivity contribution in [3.8, 4) is 0 Å². The fraction of sp³-hybridized carbons (Fsp3) is 0.200. The summed E-state index contributed by atoms with van der Waals surface area (Å²) in [6, 6.07) is 4.04. The Labute approximate surface area is 76.9 Å². The van der Waals surface area contributed by atoms with Crippen molar-refractivity contribution in [2.24, 2.45) is 0 Å². The Hall–Kier alpha value is -1.64. The molecule has 1 atom stereocenters. The third-order valence-electron chi connectivity index (χ3n) is 2.19. The maximum Gasteiger partial charge on any atom is 0.0921 e. The lowest BCUT2D eigenvalue weighted by Gasteiger charge is -2.08. The molecule has 2 aromatic rings. The molecule has 0 unspecified atom stereocenters. The molecule has 0 aliphatic heterocycles. The number of aromatic nitrogens is 3. The fourth-order valence-corrected chi connectivity index (χ4v) is 1.34. The van der Waals surface area contributed by atoms with Crippen LogP contribution in [0.25, 0.3) is 0 Å². The van der Waals surface area contributed by atoms with Gasteiger partial charge in [-0.3, -0.25) is 4.98 Å². The summed E-state index contributed by atoms with van der Waals surface area (Å²) in [5, 5.41) is 0. The molecule has 3 heteroatoms. The minimum Gasteiger partial charge on any atom is -0.348 e. The first-order valence-electron chi connectivity index (χ1n) is 4.26. The van der Waals surface area contributed by atoms with Crippen molar-refractivity contribution in [3.05, 3.63) is 48.3 Å². The molecule has 2 rings (SSSR count). The fourth-order valence-electron chi connectivity index (χ4n) is 1.34. The smallest absolute Gasteiger partial charge is 0.0921 e. The number of pyridine rings is 1. The van der Waals surface area contributed by atoms with Crippen LogP contribution < -0.4 is 0 Å². The molecule has 0 aromatic carbocycles. The van der Waals surface area contributed by atoms with Crippen LogP contribution in [0, 0.1) is 0 Å². The summed E-state index contributed by atoms with van der Waals surface area (Å²) in [6.07, 6.45) is 7.17. The second kappa shape index (κ2) is 3.39. The van der Waals surface area contributed by atoms with Crippen LogP contribution in [0.3, 0.4) is 0 Å². The molecule has 0 spiro atoms. The average molecular weight is 173 g/mol. The van der Waals surface area contributed by atoms with Crippen LogP contribution in [0.5, 0.6) is 0 Å². The summed E-state index contributed by atoms with van der Waals surface area (Å²) in [5.74, 6) is 0.352. The summed E-state index contributed by atoms with van der Waals surface area (Å²) in [5.41, 5.74) is 2.38. The van der Waals surface area contributed by atoms with E-state index in [1.54, 1.807) is 6.33 Å². The molecule has 0 saturated heterocycles. The van der Waals surface area contributed by atoms with E-state index in [0.29, 0.717) is 5.92 Å². The van der Waals surface area contributed by atoms with Crippen molar-refractivity contribution in [1.82, 2.24) is 15.0 Å². The summed E-state index contributed by atoms with van der Waals surface area (Å²) in [4.78, 5) is 11.1. The standard InChI is InChI=1S/C10H11N3/c1-8(10-6-12-7-13-10)9-2-4-11-5-3-9/h2-8H,1H3,(H,12,13)/t8-/m0/s1. The Balaban J connectivity index is 2.29. The number of aromatic amines is 1. The first-order chi connectivity index (χ1) is 6.38. The Morgan fingerprint density at radius 3 is 2.62 bits per heavy atom. The lowest BCUT2D eigenvalue weighted by molar-refractivity contribution is 0.879. The van der Waals surface area contributed by atoms with Gasteiger partial charge in [-0.1, -0.05) is 6.92 Å². The zero-order chi connectivity index (χ0) is 9.10. The van der Waals surface area contributed by atoms with Crippen LogP contribution in [0.2, 0.25) is 0 Å². The van der Waals surface area contributed by atoms with Crippen molar-refractivity contribution < 1.29 is 0 Å². The molecule has 0 aliphatic carbocycles. The van der Waals surface area contributed by atoms with Crippen LogP contribution in [-0.4, -0.2) is 15.0 Å². The zero-order valence-corrected chi connectivity index (χ0v) is 7.44. The van der Waals surface area contributed by atoms with E-state index in [-0.39, 0.29) is 0 Å². The molecule has 0 saturated carbocycles. The molecule has 0 amide bonds. The highest BCUT2D eigenvalue weighted by Gasteiger charge is 2.08. The molecule has 0 radical (unpaired) electrons. The average Bonchev–Trinajstić information content (AvgIpc) is 2.71. The van der Waals surface area contributed by atoms with Crippen LogP contribution >= 0.6 is 0 Å². The molecule has 0 bridgehead atoms. The molecule has 2 aromatic heterocycles. The maximum absolute atomic E-state index is 4.00. The van der Waals surface area contributed by atoms with E-state index in [4.69, 9.17) is 0 Å². The van der Waals surface area contributed by atoms with E-state index >= 15 is 0 Å². The van der Waals surface area contributed by atoms with Gasteiger partial charge < -0.3 is 4.98 Å². The third-order valence-corrected chi connectivity index (χ3v) is 2.19. The van der Waals surface area contributed by atoms with Crippen LogP contribution in [0.15, 0.2) is 37.1 Å². The first-order valence-corrected chi connectivity index (χ1v) is 4.26. The Bertz CT molecular complexity index is 353. The van der Waals surface area contributed by atoms with Gasteiger partial charge in [-0.2, -0.15) is 0 Å². The quantitative estimate of drug-likeness (QED) is 0.754. The Kier molecular flexibility index (Phi) is 2.08. The molecule has 13 heavy (non-hydrogen) atoms. The van der Waals surface area contributed by atoms with Gasteiger partial charge >= 0.3 is 0 Å². The van der Waals surface area contributed by atoms with Gasteiger partial charge in [0.1, 0.15) is 0 Å². The van der Waals surface area contributed by atoms with Gasteiger partial charge in [0.05, 0.1) is 6.33 Å².